The third-order valence-electron chi connectivity index (χ3n) is 9.74. The van der Waals surface area contributed by atoms with E-state index in [1.165, 1.54) is 0 Å². The maximum atomic E-state index is 13.7. The molecule has 0 unspecified atom stereocenters. The number of anilines is 1. The van der Waals surface area contributed by atoms with Gasteiger partial charge in [-0.3, -0.25) is 14.6 Å². The van der Waals surface area contributed by atoms with Crippen LogP contribution in [0.4, 0.5) is 5.69 Å². The number of likely N-dealkylation sites (tertiary alicyclic amines) is 1. The first-order valence-corrected chi connectivity index (χ1v) is 17.0. The van der Waals surface area contributed by atoms with Crippen molar-refractivity contribution in [2.75, 3.05) is 51.8 Å². The van der Waals surface area contributed by atoms with Crippen molar-refractivity contribution in [2.24, 2.45) is 5.92 Å². The van der Waals surface area contributed by atoms with Crippen LogP contribution in [-0.4, -0.2) is 98.7 Å². The molecule has 0 atom stereocenters. The third kappa shape index (κ3) is 6.12. The number of piperidine rings is 1. The van der Waals surface area contributed by atoms with Crippen LogP contribution < -0.4 is 20.1 Å². The Bertz CT molecular complexity index is 2010. The second kappa shape index (κ2) is 13.3. The maximum Gasteiger partial charge on any atom is 0.309 e. The van der Waals surface area contributed by atoms with Gasteiger partial charge in [0.05, 0.1) is 47.1 Å². The van der Waals surface area contributed by atoms with Crippen LogP contribution in [0, 0.1) is 5.92 Å². The van der Waals surface area contributed by atoms with Crippen LogP contribution in [0.2, 0.25) is 0 Å². The molecule has 0 spiro atoms. The van der Waals surface area contributed by atoms with Gasteiger partial charge in [-0.25, -0.2) is 14.2 Å². The van der Waals surface area contributed by atoms with Gasteiger partial charge in [-0.05, 0) is 63.7 Å². The fourth-order valence-electron chi connectivity index (χ4n) is 7.07. The molecule has 254 valence electrons. The number of fused-ring (bicyclic) bond motifs is 3. The van der Waals surface area contributed by atoms with Gasteiger partial charge in [0.25, 0.3) is 5.91 Å². The molecule has 49 heavy (non-hydrogen) atoms. The number of nitrogens with one attached hydrogen (secondary N) is 2. The van der Waals surface area contributed by atoms with Gasteiger partial charge in [0.2, 0.25) is 0 Å². The number of rotatable bonds is 9. The fourth-order valence-corrected chi connectivity index (χ4v) is 7.07. The minimum absolute atomic E-state index is 0.0440. The summed E-state index contributed by atoms with van der Waals surface area (Å²) in [4.78, 5) is 37.9. The fraction of sp³-hybridized carbons (Fsp3) is 0.429. The van der Waals surface area contributed by atoms with Gasteiger partial charge in [0.15, 0.2) is 11.3 Å². The van der Waals surface area contributed by atoms with Crippen LogP contribution in [-0.2, 0) is 9.53 Å². The van der Waals surface area contributed by atoms with Crippen LogP contribution in [0.25, 0.3) is 33.5 Å². The van der Waals surface area contributed by atoms with Crippen molar-refractivity contribution in [1.29, 1.82) is 0 Å². The number of pyridine rings is 1. The number of esters is 1. The molecule has 2 N–H and O–H groups in total. The van der Waals surface area contributed by atoms with Crippen LogP contribution in [0.1, 0.15) is 49.0 Å². The van der Waals surface area contributed by atoms with Gasteiger partial charge < -0.3 is 29.7 Å². The number of carbonyl (C=O) groups is 2. The maximum absolute atomic E-state index is 13.7. The van der Waals surface area contributed by atoms with Crippen molar-refractivity contribution in [3.05, 3.63) is 54.7 Å². The predicted molar refractivity (Wildman–Crippen MR) is 181 cm³/mol. The first kappa shape index (κ1) is 31.1. The highest BCUT2D eigenvalue weighted by molar-refractivity contribution is 6.05. The Morgan fingerprint density at radius 3 is 2.78 bits per heavy atom. The molecule has 14 nitrogen and oxygen atoms in total. The molecule has 1 aliphatic carbocycles. The molecular weight excluding hydrogens is 626 g/mol. The molecule has 5 aromatic rings. The van der Waals surface area contributed by atoms with E-state index in [1.54, 1.807) is 34.9 Å². The van der Waals surface area contributed by atoms with E-state index < -0.39 is 0 Å². The van der Waals surface area contributed by atoms with E-state index in [2.05, 4.69) is 25.6 Å². The Morgan fingerprint density at radius 1 is 1.08 bits per heavy atom. The van der Waals surface area contributed by atoms with Crippen molar-refractivity contribution in [3.63, 3.8) is 0 Å². The zero-order valence-electron chi connectivity index (χ0n) is 27.4. The van der Waals surface area contributed by atoms with Crippen molar-refractivity contribution < 1.29 is 23.8 Å². The standard InChI is InChI=1S/C35H39N9O5/c1-47-31-18-27-30(48-16-11-36-27)19-29(31)44-28-17-26(24-21-40-43-12-4-9-37-33(24)43)39-20-25(28)32(41-44)34(45)38-10-15-42-13-7-22(8-14-42)35(46)49-23-5-2-3-6-23/h4,9,12,17-23,36H,2-3,5-8,10-11,13-16H2,1H3,(H,38,45). The van der Waals surface area contributed by atoms with E-state index in [0.29, 0.717) is 65.7 Å². The molecule has 6 heterocycles. The van der Waals surface area contributed by atoms with Crippen LogP contribution in [0.3, 0.4) is 0 Å². The predicted octanol–water partition coefficient (Wildman–Crippen LogP) is 3.87. The van der Waals surface area contributed by atoms with Gasteiger partial charge >= 0.3 is 5.97 Å². The Balaban J connectivity index is 1.03. The number of nitrogens with zero attached hydrogens (tertiary/aromatic N) is 7. The number of amides is 1. The molecule has 0 radical (unpaired) electrons. The quantitative estimate of drug-likeness (QED) is 0.221. The summed E-state index contributed by atoms with van der Waals surface area (Å²) in [6, 6.07) is 7.46. The Kier molecular flexibility index (Phi) is 8.46. The molecule has 0 bridgehead atoms. The van der Waals surface area contributed by atoms with Gasteiger partial charge in [-0.1, -0.05) is 0 Å². The lowest BCUT2D eigenvalue weighted by atomic mass is 9.97. The van der Waals surface area contributed by atoms with Gasteiger partial charge in [-0.2, -0.15) is 10.2 Å². The van der Waals surface area contributed by atoms with Gasteiger partial charge in [0, 0.05) is 50.4 Å². The van der Waals surface area contributed by atoms with Crippen LogP contribution in [0.15, 0.2) is 49.1 Å². The number of methoxy groups -OCH3 is 1. The van der Waals surface area contributed by atoms with Crippen molar-refractivity contribution in [2.45, 2.75) is 44.6 Å². The Labute approximate surface area is 282 Å². The lowest BCUT2D eigenvalue weighted by Crippen LogP contribution is -2.41. The minimum Gasteiger partial charge on any atom is -0.494 e. The highest BCUT2D eigenvalue weighted by Crippen LogP contribution is 2.38. The molecule has 2 fully saturated rings. The molecule has 2 aliphatic heterocycles. The number of hydrogen-bond acceptors (Lipinski definition) is 11. The topological polar surface area (TPSA) is 150 Å². The highest BCUT2D eigenvalue weighted by atomic mass is 16.5. The molecule has 1 aromatic carbocycles. The average molecular weight is 666 g/mol. The number of benzene rings is 1. The Hall–Kier alpha value is -5.24. The van der Waals surface area contributed by atoms with Crippen molar-refractivity contribution >= 4 is 34.1 Å². The molecule has 1 amide bonds. The lowest BCUT2D eigenvalue weighted by Gasteiger charge is -2.31. The number of carbonyl (C=O) groups excluding carboxylic acids is 2. The van der Waals surface area contributed by atoms with Gasteiger partial charge in [0.1, 0.15) is 29.9 Å². The van der Waals surface area contributed by atoms with E-state index >= 15 is 0 Å². The molecular formula is C35H39N9O5. The lowest BCUT2D eigenvalue weighted by molar-refractivity contribution is -0.155. The number of ether oxygens (including phenoxy) is 3. The van der Waals surface area contributed by atoms with E-state index in [1.807, 2.05) is 30.5 Å². The SMILES string of the molecule is COc1cc2c(cc1-n1nc(C(=O)NCCN3CCC(C(=O)OC4CCCC4)CC3)c3cnc(-c4cnn5cccnc45)cc31)OCCN2. The van der Waals surface area contributed by atoms with E-state index in [-0.39, 0.29) is 29.6 Å². The normalized spacial score (nSPS) is 17.1. The first-order valence-electron chi connectivity index (χ1n) is 17.0. The van der Waals surface area contributed by atoms with Crippen LogP contribution >= 0.6 is 0 Å². The van der Waals surface area contributed by atoms with Crippen molar-refractivity contribution in [1.82, 2.24) is 39.6 Å². The summed E-state index contributed by atoms with van der Waals surface area (Å²) >= 11 is 0. The number of aromatic nitrogens is 6. The monoisotopic (exact) mass is 665 g/mol. The smallest absolute Gasteiger partial charge is 0.309 e. The summed E-state index contributed by atoms with van der Waals surface area (Å²) in [5.74, 6) is 0.849. The molecule has 14 heteroatoms. The average Bonchev–Trinajstić information content (AvgIpc) is 3.90. The Morgan fingerprint density at radius 2 is 1.94 bits per heavy atom. The molecule has 8 rings (SSSR count). The summed E-state index contributed by atoms with van der Waals surface area (Å²) in [7, 11) is 1.60. The summed E-state index contributed by atoms with van der Waals surface area (Å²) < 4.78 is 20.9. The van der Waals surface area contributed by atoms with E-state index in [9.17, 15) is 9.59 Å². The molecule has 1 saturated heterocycles. The summed E-state index contributed by atoms with van der Waals surface area (Å²) in [6.07, 6.45) is 12.9. The van der Waals surface area contributed by atoms with Crippen molar-refractivity contribution in [3.8, 4) is 28.4 Å². The molecule has 3 aliphatic rings. The second-order valence-corrected chi connectivity index (χ2v) is 12.8. The number of hydrogen-bond donors (Lipinski definition) is 2. The van der Waals surface area contributed by atoms with E-state index in [4.69, 9.17) is 24.3 Å². The van der Waals surface area contributed by atoms with E-state index in [0.717, 1.165) is 62.9 Å². The highest BCUT2D eigenvalue weighted by Gasteiger charge is 2.29. The zero-order chi connectivity index (χ0) is 33.3. The first-order chi connectivity index (χ1) is 24.1. The third-order valence-corrected chi connectivity index (χ3v) is 9.74. The minimum atomic E-state index is -0.305. The zero-order valence-corrected chi connectivity index (χ0v) is 27.4. The summed E-state index contributed by atoms with van der Waals surface area (Å²) in [5.41, 5.74) is 4.42. The molecule has 1 saturated carbocycles. The molecule has 4 aromatic heterocycles. The largest absolute Gasteiger partial charge is 0.494 e. The summed E-state index contributed by atoms with van der Waals surface area (Å²) in [6.45, 7) is 3.91. The van der Waals surface area contributed by atoms with Gasteiger partial charge in [-0.15, -0.1) is 0 Å². The summed E-state index contributed by atoms with van der Waals surface area (Å²) in [5, 5.41) is 16.3. The van der Waals surface area contributed by atoms with Crippen LogP contribution in [0.5, 0.6) is 11.5 Å². The second-order valence-electron chi connectivity index (χ2n) is 12.8.